The van der Waals surface area contributed by atoms with Gasteiger partial charge in [0, 0.05) is 30.8 Å². The largest absolute Gasteiger partial charge is 0.375 e. The fraction of sp³-hybridized carbons (Fsp3) is 0.400. The Bertz CT molecular complexity index is 286. The van der Waals surface area contributed by atoms with Crippen molar-refractivity contribution >= 4 is 17.3 Å². The monoisotopic (exact) mass is 198 g/mol. The van der Waals surface area contributed by atoms with Gasteiger partial charge in [0.1, 0.15) is 0 Å². The van der Waals surface area contributed by atoms with Crippen LogP contribution in [0.4, 0.5) is 5.69 Å². The number of rotatable bonds is 3. The maximum Gasteiger partial charge on any atom is 0.0426 e. The van der Waals surface area contributed by atoms with Gasteiger partial charge in [0.2, 0.25) is 0 Å². The van der Waals surface area contributed by atoms with Crippen LogP contribution in [0.2, 0.25) is 5.02 Å². The van der Waals surface area contributed by atoms with E-state index in [9.17, 15) is 0 Å². The Labute approximate surface area is 84.3 Å². The predicted octanol–water partition coefficient (Wildman–Crippen LogP) is 2.25. The summed E-state index contributed by atoms with van der Waals surface area (Å²) in [6.45, 7) is 3.60. The summed E-state index contributed by atoms with van der Waals surface area (Å²) in [6.07, 6.45) is 0. The highest BCUT2D eigenvalue weighted by atomic mass is 35.5. The lowest BCUT2D eigenvalue weighted by atomic mass is 10.1. The zero-order chi connectivity index (χ0) is 9.84. The van der Waals surface area contributed by atoms with E-state index in [0.717, 1.165) is 22.8 Å². The van der Waals surface area contributed by atoms with Crippen LogP contribution in [-0.4, -0.2) is 13.6 Å². The molecule has 0 unspecified atom stereocenters. The summed E-state index contributed by atoms with van der Waals surface area (Å²) >= 11 is 5.91. The van der Waals surface area contributed by atoms with Crippen LogP contribution in [0.3, 0.4) is 0 Å². The number of hydrogen-bond donors (Lipinski definition) is 1. The third kappa shape index (κ3) is 2.36. The van der Waals surface area contributed by atoms with Gasteiger partial charge in [0.15, 0.2) is 0 Å². The molecule has 0 saturated heterocycles. The van der Waals surface area contributed by atoms with Crippen LogP contribution in [0.1, 0.15) is 12.5 Å². The summed E-state index contributed by atoms with van der Waals surface area (Å²) in [5, 5.41) is 0.757. The maximum atomic E-state index is 5.91. The molecule has 72 valence electrons. The lowest BCUT2D eigenvalue weighted by molar-refractivity contribution is 0.941. The van der Waals surface area contributed by atoms with Crippen molar-refractivity contribution in [2.45, 2.75) is 13.5 Å². The predicted molar refractivity (Wildman–Crippen MR) is 58.3 cm³/mol. The molecule has 1 aromatic carbocycles. The molecular formula is C10H15ClN2. The fourth-order valence-electron chi connectivity index (χ4n) is 1.24. The number of halogens is 1. The van der Waals surface area contributed by atoms with Gasteiger partial charge >= 0.3 is 0 Å². The molecular weight excluding hydrogens is 184 g/mol. The zero-order valence-corrected chi connectivity index (χ0v) is 8.80. The number of nitrogens with two attached hydrogens (primary N) is 1. The van der Waals surface area contributed by atoms with E-state index in [-0.39, 0.29) is 0 Å². The van der Waals surface area contributed by atoms with E-state index >= 15 is 0 Å². The normalized spacial score (nSPS) is 10.2. The molecule has 0 bridgehead atoms. The summed E-state index contributed by atoms with van der Waals surface area (Å²) < 4.78 is 0. The Balaban J connectivity index is 3.07. The van der Waals surface area contributed by atoms with Crippen molar-refractivity contribution in [3.05, 3.63) is 28.8 Å². The minimum atomic E-state index is 0.552. The van der Waals surface area contributed by atoms with Crippen molar-refractivity contribution in [1.29, 1.82) is 0 Å². The van der Waals surface area contributed by atoms with Gasteiger partial charge in [-0.05, 0) is 24.6 Å². The third-order valence-electron chi connectivity index (χ3n) is 2.15. The first-order valence-corrected chi connectivity index (χ1v) is 4.76. The van der Waals surface area contributed by atoms with Gasteiger partial charge < -0.3 is 10.6 Å². The van der Waals surface area contributed by atoms with E-state index in [1.807, 2.05) is 25.2 Å². The third-order valence-corrected chi connectivity index (χ3v) is 2.39. The van der Waals surface area contributed by atoms with Gasteiger partial charge in [-0.25, -0.2) is 0 Å². The molecule has 0 atom stereocenters. The molecule has 0 aliphatic heterocycles. The summed E-state index contributed by atoms with van der Waals surface area (Å²) in [5.74, 6) is 0. The molecule has 2 nitrogen and oxygen atoms in total. The Morgan fingerprint density at radius 1 is 1.46 bits per heavy atom. The number of nitrogens with zero attached hydrogens (tertiary/aromatic N) is 1. The number of benzene rings is 1. The van der Waals surface area contributed by atoms with Gasteiger partial charge in [-0.2, -0.15) is 0 Å². The van der Waals surface area contributed by atoms with Crippen molar-refractivity contribution in [1.82, 2.24) is 0 Å². The SMILES string of the molecule is CCN(C)c1cc(Cl)ccc1CN. The Kier molecular flexibility index (Phi) is 3.58. The first-order chi connectivity index (χ1) is 6.19. The van der Waals surface area contributed by atoms with E-state index in [0.29, 0.717) is 6.54 Å². The van der Waals surface area contributed by atoms with Crippen LogP contribution >= 0.6 is 11.6 Å². The molecule has 3 heteroatoms. The summed E-state index contributed by atoms with van der Waals surface area (Å²) in [4.78, 5) is 2.13. The van der Waals surface area contributed by atoms with Gasteiger partial charge in [0.05, 0.1) is 0 Å². The fourth-order valence-corrected chi connectivity index (χ4v) is 1.40. The standard InChI is InChI=1S/C10H15ClN2/c1-3-13(2)10-6-9(11)5-4-8(10)7-12/h4-6H,3,7,12H2,1-2H3. The smallest absolute Gasteiger partial charge is 0.0426 e. The molecule has 0 fully saturated rings. The number of hydrogen-bond acceptors (Lipinski definition) is 2. The minimum Gasteiger partial charge on any atom is -0.375 e. The molecule has 1 aromatic rings. The second-order valence-corrected chi connectivity index (χ2v) is 3.43. The van der Waals surface area contributed by atoms with E-state index in [1.165, 1.54) is 0 Å². The first kappa shape index (κ1) is 10.4. The summed E-state index contributed by atoms with van der Waals surface area (Å²) in [7, 11) is 2.03. The summed E-state index contributed by atoms with van der Waals surface area (Å²) in [6, 6.07) is 5.80. The quantitative estimate of drug-likeness (QED) is 0.808. The van der Waals surface area contributed by atoms with Gasteiger partial charge in [0.25, 0.3) is 0 Å². The van der Waals surface area contributed by atoms with Crippen LogP contribution in [0.5, 0.6) is 0 Å². The van der Waals surface area contributed by atoms with Crippen LogP contribution in [0.15, 0.2) is 18.2 Å². The zero-order valence-electron chi connectivity index (χ0n) is 8.05. The van der Waals surface area contributed by atoms with E-state index < -0.39 is 0 Å². The average Bonchev–Trinajstić information content (AvgIpc) is 2.16. The van der Waals surface area contributed by atoms with Crippen molar-refractivity contribution in [2.24, 2.45) is 5.73 Å². The topological polar surface area (TPSA) is 29.3 Å². The molecule has 0 heterocycles. The summed E-state index contributed by atoms with van der Waals surface area (Å²) in [5.41, 5.74) is 7.88. The lowest BCUT2D eigenvalue weighted by Crippen LogP contribution is -2.18. The van der Waals surface area contributed by atoms with Crippen LogP contribution in [0.25, 0.3) is 0 Å². The van der Waals surface area contributed by atoms with Crippen LogP contribution in [-0.2, 0) is 6.54 Å². The van der Waals surface area contributed by atoms with E-state index in [1.54, 1.807) is 0 Å². The van der Waals surface area contributed by atoms with Gasteiger partial charge in [-0.15, -0.1) is 0 Å². The molecule has 2 N–H and O–H groups in total. The van der Waals surface area contributed by atoms with Crippen molar-refractivity contribution in [3.63, 3.8) is 0 Å². The highest BCUT2D eigenvalue weighted by Gasteiger charge is 2.04. The molecule has 0 amide bonds. The maximum absolute atomic E-state index is 5.91. The Hall–Kier alpha value is -0.730. The molecule has 0 aliphatic carbocycles. The highest BCUT2D eigenvalue weighted by molar-refractivity contribution is 6.30. The van der Waals surface area contributed by atoms with Crippen molar-refractivity contribution < 1.29 is 0 Å². The van der Waals surface area contributed by atoms with Gasteiger partial charge in [-0.1, -0.05) is 17.7 Å². The van der Waals surface area contributed by atoms with Gasteiger partial charge in [-0.3, -0.25) is 0 Å². The van der Waals surface area contributed by atoms with E-state index in [2.05, 4.69) is 11.8 Å². The molecule has 0 saturated carbocycles. The van der Waals surface area contributed by atoms with E-state index in [4.69, 9.17) is 17.3 Å². The number of anilines is 1. The molecule has 0 aromatic heterocycles. The Morgan fingerprint density at radius 3 is 2.69 bits per heavy atom. The average molecular weight is 199 g/mol. The minimum absolute atomic E-state index is 0.552. The molecule has 1 rings (SSSR count). The molecule has 0 aliphatic rings. The molecule has 0 radical (unpaired) electrons. The lowest BCUT2D eigenvalue weighted by Gasteiger charge is -2.20. The Morgan fingerprint density at radius 2 is 2.15 bits per heavy atom. The second kappa shape index (κ2) is 4.49. The molecule has 13 heavy (non-hydrogen) atoms. The first-order valence-electron chi connectivity index (χ1n) is 4.38. The van der Waals surface area contributed by atoms with Crippen LogP contribution in [0, 0.1) is 0 Å². The molecule has 0 spiro atoms. The van der Waals surface area contributed by atoms with Crippen molar-refractivity contribution in [3.8, 4) is 0 Å². The van der Waals surface area contributed by atoms with Crippen LogP contribution < -0.4 is 10.6 Å². The second-order valence-electron chi connectivity index (χ2n) is 2.99. The highest BCUT2D eigenvalue weighted by Crippen LogP contribution is 2.23. The van der Waals surface area contributed by atoms with Crippen molar-refractivity contribution in [2.75, 3.05) is 18.5 Å².